The van der Waals surface area contributed by atoms with Crippen molar-refractivity contribution in [2.24, 2.45) is 22.7 Å². The van der Waals surface area contributed by atoms with Crippen LogP contribution in [0.4, 0.5) is 4.79 Å². The van der Waals surface area contributed by atoms with Crippen molar-refractivity contribution in [1.82, 2.24) is 31.5 Å². The normalized spacial score (nSPS) is 15.0. The molecule has 23 nitrogen and oxygen atoms in total. The summed E-state index contributed by atoms with van der Waals surface area (Å²) in [5, 5.41) is 17.7. The van der Waals surface area contributed by atoms with E-state index in [1.165, 1.54) is 23.8 Å². The molecule has 1 aliphatic heterocycles. The van der Waals surface area contributed by atoms with Crippen LogP contribution in [0.1, 0.15) is 97.1 Å². The summed E-state index contributed by atoms with van der Waals surface area (Å²) in [7, 11) is 1.50. The molecular formula is C52H84N8O15S. The molecule has 6 amide bonds. The summed E-state index contributed by atoms with van der Waals surface area (Å²) in [6.45, 7) is 10.9. The van der Waals surface area contributed by atoms with E-state index in [2.05, 4.69) is 31.7 Å². The van der Waals surface area contributed by atoms with E-state index in [1.54, 1.807) is 39.2 Å². The average Bonchev–Trinajstić information content (AvgIpc) is 3.89. The molecule has 0 bridgehead atoms. The molecule has 24 heteroatoms. The number of likely N-dealkylation sites (tertiary alicyclic amines) is 1. The number of hydrogen-bond acceptors (Lipinski definition) is 18. The molecule has 0 radical (unpaired) electrons. The Morgan fingerprint density at radius 3 is 2.16 bits per heavy atom. The minimum absolute atomic E-state index is 0.00870. The number of nitrogens with one attached hydrogen (secondary N) is 5. The quantitative estimate of drug-likeness (QED) is 0.0308. The molecule has 1 saturated heterocycles. The van der Waals surface area contributed by atoms with Gasteiger partial charge in [-0.1, -0.05) is 50.2 Å². The van der Waals surface area contributed by atoms with Crippen molar-refractivity contribution in [3.63, 3.8) is 0 Å². The van der Waals surface area contributed by atoms with E-state index in [0.29, 0.717) is 57.0 Å². The number of nitrogens with two attached hydrogens (primary N) is 1. The molecule has 7 N–H and O–H groups in total. The van der Waals surface area contributed by atoms with Crippen LogP contribution >= 0.6 is 11.8 Å². The number of carbonyl (C=O) groups excluding carboxylic acids is 9. The van der Waals surface area contributed by atoms with Crippen molar-refractivity contribution >= 4 is 70.5 Å². The molecule has 76 heavy (non-hydrogen) atoms. The second kappa shape index (κ2) is 38.9. The topological polar surface area (TPSA) is 311 Å². The first-order valence-corrected chi connectivity index (χ1v) is 27.5. The van der Waals surface area contributed by atoms with Crippen LogP contribution in [0.25, 0.3) is 0 Å². The minimum atomic E-state index is -0.912. The zero-order valence-electron chi connectivity index (χ0n) is 45.5. The van der Waals surface area contributed by atoms with Gasteiger partial charge in [-0.2, -0.15) is 11.8 Å². The first kappa shape index (κ1) is 66.6. The molecule has 1 aliphatic rings. The Morgan fingerprint density at radius 1 is 0.776 bits per heavy atom. The van der Waals surface area contributed by atoms with Gasteiger partial charge in [-0.15, -0.1) is 0 Å². The highest BCUT2D eigenvalue weighted by molar-refractivity contribution is 7.98. The van der Waals surface area contributed by atoms with Gasteiger partial charge in [0.2, 0.25) is 29.5 Å². The van der Waals surface area contributed by atoms with Gasteiger partial charge in [0.1, 0.15) is 32.5 Å². The number of benzene rings is 1. The third-order valence-electron chi connectivity index (χ3n) is 11.8. The molecule has 0 saturated carbocycles. The van der Waals surface area contributed by atoms with Crippen molar-refractivity contribution in [3.05, 3.63) is 35.4 Å². The van der Waals surface area contributed by atoms with Crippen LogP contribution in [0.3, 0.4) is 0 Å². The van der Waals surface area contributed by atoms with Crippen LogP contribution in [0.2, 0.25) is 0 Å². The second-order valence-electron chi connectivity index (χ2n) is 18.6. The Kier molecular flexibility index (Phi) is 34.1. The average molecular weight is 1090 g/mol. The van der Waals surface area contributed by atoms with Crippen molar-refractivity contribution in [2.45, 2.75) is 117 Å². The maximum Gasteiger partial charge on any atom is 0.407 e. The van der Waals surface area contributed by atoms with E-state index in [0.717, 1.165) is 11.1 Å². The van der Waals surface area contributed by atoms with Gasteiger partial charge < -0.3 is 65.7 Å². The molecule has 428 valence electrons. The summed E-state index contributed by atoms with van der Waals surface area (Å²) in [5.41, 5.74) is 7.51. The number of amides is 6. The molecular weight excluding hydrogens is 1010 g/mol. The van der Waals surface area contributed by atoms with Crippen molar-refractivity contribution < 1.29 is 71.7 Å². The largest absolute Gasteiger partial charge is 0.447 e. The fourth-order valence-corrected chi connectivity index (χ4v) is 8.39. The Hall–Kier alpha value is -5.53. The van der Waals surface area contributed by atoms with Gasteiger partial charge in [-0.25, -0.2) is 4.79 Å². The van der Waals surface area contributed by atoms with Crippen molar-refractivity contribution in [1.29, 1.82) is 0 Å². The Labute approximate surface area is 451 Å². The highest BCUT2D eigenvalue weighted by atomic mass is 32.2. The lowest BCUT2D eigenvalue weighted by molar-refractivity contribution is -0.142. The molecule has 1 aromatic rings. The van der Waals surface area contributed by atoms with Crippen molar-refractivity contribution in [3.8, 4) is 0 Å². The lowest BCUT2D eigenvalue weighted by Crippen LogP contribution is -2.52. The molecule has 0 unspecified atom stereocenters. The Bertz CT molecular complexity index is 2010. The highest BCUT2D eigenvalue weighted by Crippen LogP contribution is 2.20. The molecule has 0 aliphatic carbocycles. The van der Waals surface area contributed by atoms with Crippen LogP contribution in [0.5, 0.6) is 0 Å². The number of oxime groups is 1. The third kappa shape index (κ3) is 27.5. The summed E-state index contributed by atoms with van der Waals surface area (Å²) in [6, 6.07) is 3.74. The van der Waals surface area contributed by atoms with Crippen LogP contribution in [0.15, 0.2) is 29.4 Å². The van der Waals surface area contributed by atoms with Gasteiger partial charge in [0.25, 0.3) is 0 Å². The number of ketones is 3. The van der Waals surface area contributed by atoms with Gasteiger partial charge in [0.15, 0.2) is 17.3 Å². The number of ether oxygens (including phenoxy) is 5. The lowest BCUT2D eigenvalue weighted by atomic mass is 9.96. The molecule has 2 rings (SSSR count). The predicted molar refractivity (Wildman–Crippen MR) is 285 cm³/mol. The summed E-state index contributed by atoms with van der Waals surface area (Å²) >= 11 is 1.37. The van der Waals surface area contributed by atoms with Crippen LogP contribution in [0, 0.1) is 11.8 Å². The van der Waals surface area contributed by atoms with Crippen LogP contribution < -0.4 is 32.3 Å². The van der Waals surface area contributed by atoms with E-state index < -0.39 is 59.8 Å². The Morgan fingerprint density at radius 2 is 1.47 bits per heavy atom. The monoisotopic (exact) mass is 1090 g/mol. The number of rotatable bonds is 41. The van der Waals surface area contributed by atoms with E-state index in [1.807, 2.05) is 26.0 Å². The predicted octanol–water partition coefficient (Wildman–Crippen LogP) is 1.64. The molecule has 1 fully saturated rings. The number of carbonyl (C=O) groups is 9. The summed E-state index contributed by atoms with van der Waals surface area (Å²) in [6.07, 6.45) is 2.42. The zero-order chi connectivity index (χ0) is 56.3. The molecule has 5 atom stereocenters. The second-order valence-corrected chi connectivity index (χ2v) is 19.5. The fourth-order valence-electron chi connectivity index (χ4n) is 7.79. The minimum Gasteiger partial charge on any atom is -0.447 e. The molecule has 0 spiro atoms. The number of hydrogen-bond donors (Lipinski definition) is 6. The highest BCUT2D eigenvalue weighted by Gasteiger charge is 2.36. The molecule has 1 aromatic carbocycles. The maximum atomic E-state index is 13.7. The number of nitrogens with zero attached hydrogens (tertiary/aromatic N) is 2. The summed E-state index contributed by atoms with van der Waals surface area (Å²) in [5.74, 6) is -3.32. The fraction of sp³-hybridized carbons (Fsp3) is 0.692. The Balaban J connectivity index is 1.97. The standard InChI is InChI=1S/C52H84N8O15S/c1-8-54-50(67)36(4)30-46(63)42(34-76-7)57-47(64)18-17-45(62)40(29-35(2)3)58-51(68)43-11-9-21-60(43)49(66)33-72-22-10-12-44(61)41(56-48(65)32-73-27-26-71-23-19-53)31-38-13-15-39(16-14-38)37(5)59-75-24-20-55-52(69)74-28-25-70-6/h13-16,35-36,40-43H,8-12,17-34,53H2,1-7H3,(H,54,67)(H,55,69)(H,56,65)(H,57,64)(H,58,68)/b59-37+/t36-,40+,41+,42+,43+/m1/s1. The number of thioether (sulfide) groups is 1. The zero-order valence-corrected chi connectivity index (χ0v) is 46.4. The summed E-state index contributed by atoms with van der Waals surface area (Å²) in [4.78, 5) is 124. The molecule has 1 heterocycles. The summed E-state index contributed by atoms with van der Waals surface area (Å²) < 4.78 is 26.2. The van der Waals surface area contributed by atoms with E-state index in [4.69, 9.17) is 34.3 Å². The lowest BCUT2D eigenvalue weighted by Gasteiger charge is -2.27. The van der Waals surface area contributed by atoms with Crippen molar-refractivity contribution in [2.75, 3.05) is 105 Å². The van der Waals surface area contributed by atoms with Crippen LogP contribution in [-0.2, 0) is 73.3 Å². The van der Waals surface area contributed by atoms with Gasteiger partial charge >= 0.3 is 6.09 Å². The first-order chi connectivity index (χ1) is 36.4. The SMILES string of the molecule is CCNC(=O)[C@H](C)CC(=O)[C@H](CSC)NC(=O)CCC(=O)[C@H](CC(C)C)NC(=O)[C@@H]1CCCN1C(=O)COCCCC(=O)[C@H](Cc1ccc(/C(C)=N/OCCNC(=O)OCCOC)cc1)NC(=O)COCCOCCN. The smallest absolute Gasteiger partial charge is 0.407 e. The third-order valence-corrected chi connectivity index (χ3v) is 12.4. The van der Waals surface area contributed by atoms with E-state index in [-0.39, 0.29) is 127 Å². The number of Topliss-reactive ketones (excluding diaryl/α,β-unsaturated/α-hetero) is 3. The number of alkyl carbamates (subject to hydrolysis) is 1. The van der Waals surface area contributed by atoms with E-state index >= 15 is 0 Å². The maximum absolute atomic E-state index is 13.7. The van der Waals surface area contributed by atoms with Crippen LogP contribution in [-0.4, -0.2) is 193 Å². The van der Waals surface area contributed by atoms with Gasteiger partial charge in [-0.05, 0) is 69.3 Å². The first-order valence-electron chi connectivity index (χ1n) is 26.1. The van der Waals surface area contributed by atoms with E-state index in [9.17, 15) is 43.2 Å². The number of methoxy groups -OCH3 is 1. The van der Waals surface area contributed by atoms with Gasteiger partial charge in [0.05, 0.1) is 56.8 Å². The van der Waals surface area contributed by atoms with Gasteiger partial charge in [0, 0.05) is 70.7 Å². The van der Waals surface area contributed by atoms with Gasteiger partial charge in [-0.3, -0.25) is 38.4 Å². The molecule has 0 aromatic heterocycles.